The largest absolute Gasteiger partial charge is 0.493 e. The lowest BCUT2D eigenvalue weighted by Crippen LogP contribution is -2.44. The molecule has 0 aliphatic carbocycles. The molecule has 1 amide bonds. The molecule has 1 heterocycles. The molecule has 1 aliphatic rings. The van der Waals surface area contributed by atoms with Crippen LogP contribution in [0.1, 0.15) is 17.5 Å². The van der Waals surface area contributed by atoms with Gasteiger partial charge in [-0.2, -0.15) is 0 Å². The molecule has 0 atom stereocenters. The van der Waals surface area contributed by atoms with Crippen LogP contribution in [-0.4, -0.2) is 50.6 Å². The normalized spacial score (nSPS) is 14.9. The molecule has 2 aromatic carbocycles. The van der Waals surface area contributed by atoms with Gasteiger partial charge in [0.1, 0.15) is 5.75 Å². The topological polar surface area (TPSA) is 44.8 Å². The minimum Gasteiger partial charge on any atom is -0.493 e. The number of likely N-dealkylation sites (N-methyl/N-ethyl adjacent to an activating group) is 1. The van der Waals surface area contributed by atoms with Crippen molar-refractivity contribution < 1.29 is 9.53 Å². The molecule has 144 valence electrons. The summed E-state index contributed by atoms with van der Waals surface area (Å²) in [6.07, 6.45) is 0.327. The lowest BCUT2D eigenvalue weighted by molar-refractivity contribution is -0.116. The zero-order valence-corrected chi connectivity index (χ0v) is 16.5. The Kier molecular flexibility index (Phi) is 6.35. The summed E-state index contributed by atoms with van der Waals surface area (Å²) < 4.78 is 5.76. The van der Waals surface area contributed by atoms with Crippen LogP contribution >= 0.6 is 0 Å². The molecule has 1 saturated heterocycles. The maximum Gasteiger partial charge on any atom is 0.227 e. The summed E-state index contributed by atoms with van der Waals surface area (Å²) in [5.41, 5.74) is 4.27. The van der Waals surface area contributed by atoms with E-state index in [2.05, 4.69) is 40.4 Å². The van der Waals surface area contributed by atoms with Gasteiger partial charge in [-0.05, 0) is 62.4 Å². The Hall–Kier alpha value is -2.53. The monoisotopic (exact) mass is 367 g/mol. The molecule has 0 spiro atoms. The summed E-state index contributed by atoms with van der Waals surface area (Å²) in [6.45, 7) is 8.66. The summed E-state index contributed by atoms with van der Waals surface area (Å²) in [7, 11) is 2.15. The van der Waals surface area contributed by atoms with Crippen LogP contribution in [0.4, 0.5) is 11.4 Å². The van der Waals surface area contributed by atoms with Gasteiger partial charge in [0.05, 0.1) is 13.0 Å². The van der Waals surface area contributed by atoms with Gasteiger partial charge in [0.15, 0.2) is 0 Å². The number of rotatable bonds is 6. The van der Waals surface area contributed by atoms with Crippen LogP contribution in [0.5, 0.6) is 5.75 Å². The van der Waals surface area contributed by atoms with E-state index in [1.807, 2.05) is 38.1 Å². The number of anilines is 2. The molecule has 3 rings (SSSR count). The fraction of sp³-hybridized carbons (Fsp3) is 0.409. The number of nitrogens with one attached hydrogen (secondary N) is 1. The lowest BCUT2D eigenvalue weighted by atomic mass is 10.1. The Labute approximate surface area is 161 Å². The van der Waals surface area contributed by atoms with Crippen molar-refractivity contribution in [3.63, 3.8) is 0 Å². The maximum atomic E-state index is 12.2. The number of benzene rings is 2. The molecule has 0 unspecified atom stereocenters. The lowest BCUT2D eigenvalue weighted by Gasteiger charge is -2.34. The van der Waals surface area contributed by atoms with Crippen molar-refractivity contribution in [1.29, 1.82) is 0 Å². The van der Waals surface area contributed by atoms with Gasteiger partial charge in [-0.25, -0.2) is 0 Å². The summed E-state index contributed by atoms with van der Waals surface area (Å²) in [5.74, 6) is 0.812. The highest BCUT2D eigenvalue weighted by atomic mass is 16.5. The van der Waals surface area contributed by atoms with Gasteiger partial charge >= 0.3 is 0 Å². The number of aryl methyl sites for hydroxylation is 2. The van der Waals surface area contributed by atoms with Gasteiger partial charge in [0, 0.05) is 37.6 Å². The van der Waals surface area contributed by atoms with Crippen LogP contribution in [0.15, 0.2) is 42.5 Å². The highest BCUT2D eigenvalue weighted by Gasteiger charge is 2.14. The number of hydrogen-bond donors (Lipinski definition) is 1. The predicted molar refractivity (Wildman–Crippen MR) is 111 cm³/mol. The Morgan fingerprint density at radius 3 is 2.44 bits per heavy atom. The number of piperazine rings is 1. The molecule has 5 heteroatoms. The highest BCUT2D eigenvalue weighted by Crippen LogP contribution is 2.20. The first-order valence-electron chi connectivity index (χ1n) is 9.55. The molecule has 5 nitrogen and oxygen atoms in total. The van der Waals surface area contributed by atoms with Crippen molar-refractivity contribution in [1.82, 2.24) is 4.90 Å². The van der Waals surface area contributed by atoms with E-state index in [0.29, 0.717) is 13.0 Å². The number of ether oxygens (including phenoxy) is 1. The predicted octanol–water partition coefficient (Wildman–Crippen LogP) is 3.46. The zero-order chi connectivity index (χ0) is 19.2. The standard InChI is InChI=1S/C22H29N3O2/c1-17-4-5-18(2)21(16-17)27-15-10-22(26)23-19-6-8-20(9-7-19)25-13-11-24(3)12-14-25/h4-9,16H,10-15H2,1-3H3,(H,23,26). The molecule has 2 aromatic rings. The molecule has 1 aliphatic heterocycles. The average molecular weight is 367 g/mol. The fourth-order valence-electron chi connectivity index (χ4n) is 3.16. The SMILES string of the molecule is Cc1ccc(C)c(OCCC(=O)Nc2ccc(N3CCN(C)CC3)cc2)c1. The van der Waals surface area contributed by atoms with Crippen LogP contribution in [-0.2, 0) is 4.79 Å². The van der Waals surface area contributed by atoms with E-state index in [0.717, 1.165) is 48.7 Å². The molecule has 1 N–H and O–H groups in total. The second-order valence-electron chi connectivity index (χ2n) is 7.25. The van der Waals surface area contributed by atoms with Crippen LogP contribution in [0.2, 0.25) is 0 Å². The van der Waals surface area contributed by atoms with E-state index in [1.165, 1.54) is 5.69 Å². The highest BCUT2D eigenvalue weighted by molar-refractivity contribution is 5.90. The fourth-order valence-corrected chi connectivity index (χ4v) is 3.16. The van der Waals surface area contributed by atoms with Gasteiger partial charge in [-0.15, -0.1) is 0 Å². The summed E-state index contributed by atoms with van der Waals surface area (Å²) in [5, 5.41) is 2.95. The molecule has 0 bridgehead atoms. The van der Waals surface area contributed by atoms with E-state index in [1.54, 1.807) is 0 Å². The van der Waals surface area contributed by atoms with E-state index in [4.69, 9.17) is 4.74 Å². The third kappa shape index (κ3) is 5.47. The summed E-state index contributed by atoms with van der Waals surface area (Å²) in [4.78, 5) is 16.9. The summed E-state index contributed by atoms with van der Waals surface area (Å²) in [6, 6.07) is 14.2. The van der Waals surface area contributed by atoms with Crippen molar-refractivity contribution in [2.45, 2.75) is 20.3 Å². The molecular formula is C22H29N3O2. The number of amides is 1. The minimum absolute atomic E-state index is 0.0346. The third-order valence-electron chi connectivity index (χ3n) is 4.95. The Morgan fingerprint density at radius 2 is 1.74 bits per heavy atom. The quantitative estimate of drug-likeness (QED) is 0.849. The molecule has 0 aromatic heterocycles. The first kappa shape index (κ1) is 19.2. The van der Waals surface area contributed by atoms with Crippen molar-refractivity contribution in [3.05, 3.63) is 53.6 Å². The average Bonchev–Trinajstić information content (AvgIpc) is 2.66. The van der Waals surface area contributed by atoms with Gasteiger partial charge in [-0.3, -0.25) is 4.79 Å². The smallest absolute Gasteiger partial charge is 0.227 e. The second kappa shape index (κ2) is 8.91. The van der Waals surface area contributed by atoms with E-state index in [9.17, 15) is 4.79 Å². The zero-order valence-electron chi connectivity index (χ0n) is 16.5. The van der Waals surface area contributed by atoms with Crippen molar-refractivity contribution >= 4 is 17.3 Å². The van der Waals surface area contributed by atoms with Gasteiger partial charge < -0.3 is 19.9 Å². The van der Waals surface area contributed by atoms with Crippen LogP contribution < -0.4 is 15.0 Å². The van der Waals surface area contributed by atoms with Gasteiger partial charge in [0.2, 0.25) is 5.91 Å². The maximum absolute atomic E-state index is 12.2. The van der Waals surface area contributed by atoms with Gasteiger partial charge in [0.25, 0.3) is 0 Å². The minimum atomic E-state index is -0.0346. The van der Waals surface area contributed by atoms with Crippen LogP contribution in [0, 0.1) is 13.8 Å². The molecule has 0 radical (unpaired) electrons. The third-order valence-corrected chi connectivity index (χ3v) is 4.95. The van der Waals surface area contributed by atoms with E-state index < -0.39 is 0 Å². The second-order valence-corrected chi connectivity index (χ2v) is 7.25. The van der Waals surface area contributed by atoms with Crippen molar-refractivity contribution in [2.75, 3.05) is 50.1 Å². The van der Waals surface area contributed by atoms with Gasteiger partial charge in [-0.1, -0.05) is 12.1 Å². The Balaban J connectivity index is 1.46. The Morgan fingerprint density at radius 1 is 1.04 bits per heavy atom. The number of hydrogen-bond acceptors (Lipinski definition) is 4. The van der Waals surface area contributed by atoms with E-state index >= 15 is 0 Å². The summed E-state index contributed by atoms with van der Waals surface area (Å²) >= 11 is 0. The number of nitrogens with zero attached hydrogens (tertiary/aromatic N) is 2. The van der Waals surface area contributed by atoms with E-state index in [-0.39, 0.29) is 5.91 Å². The van der Waals surface area contributed by atoms with Crippen molar-refractivity contribution in [2.24, 2.45) is 0 Å². The number of carbonyl (C=O) groups is 1. The number of carbonyl (C=O) groups excluding carboxylic acids is 1. The van der Waals surface area contributed by atoms with Crippen molar-refractivity contribution in [3.8, 4) is 5.75 Å². The molecule has 27 heavy (non-hydrogen) atoms. The molecule has 1 fully saturated rings. The molecule has 0 saturated carbocycles. The van der Waals surface area contributed by atoms with Crippen LogP contribution in [0.3, 0.4) is 0 Å². The first-order valence-corrected chi connectivity index (χ1v) is 9.55. The molecular weight excluding hydrogens is 338 g/mol. The van der Waals surface area contributed by atoms with Crippen LogP contribution in [0.25, 0.3) is 0 Å². The Bertz CT molecular complexity index is 766. The first-order chi connectivity index (χ1) is 13.0.